The fourth-order valence-electron chi connectivity index (χ4n) is 3.72. The number of nitriles is 1. The minimum absolute atomic E-state index is 0.0857. The zero-order valence-corrected chi connectivity index (χ0v) is 15.9. The van der Waals surface area contributed by atoms with Crippen molar-refractivity contribution >= 4 is 15.9 Å². The van der Waals surface area contributed by atoms with Gasteiger partial charge < -0.3 is 4.90 Å². The lowest BCUT2D eigenvalue weighted by molar-refractivity contribution is -0.138. The average Bonchev–Trinajstić information content (AvgIpc) is 2.68. The Bertz CT molecular complexity index is 808. The number of carbonyl (C=O) groups excluding carboxylic acids is 1. The Labute approximate surface area is 155 Å². The van der Waals surface area contributed by atoms with Crippen LogP contribution in [-0.2, 0) is 14.8 Å². The molecule has 2 fully saturated rings. The summed E-state index contributed by atoms with van der Waals surface area (Å²) in [6.07, 6.45) is 3.44. The summed E-state index contributed by atoms with van der Waals surface area (Å²) >= 11 is 0. The highest BCUT2D eigenvalue weighted by Gasteiger charge is 2.35. The van der Waals surface area contributed by atoms with Crippen LogP contribution in [0.2, 0.25) is 0 Å². The van der Waals surface area contributed by atoms with Crippen LogP contribution in [-0.4, -0.2) is 49.7 Å². The highest BCUT2D eigenvalue weighted by atomic mass is 32.2. The average molecular weight is 375 g/mol. The number of hydrogen-bond donors (Lipinski definition) is 0. The molecular formula is C19H25N3O3S. The quantitative estimate of drug-likeness (QED) is 0.811. The molecule has 0 spiro atoms. The van der Waals surface area contributed by atoms with Gasteiger partial charge in [-0.25, -0.2) is 8.42 Å². The van der Waals surface area contributed by atoms with Gasteiger partial charge in [0.2, 0.25) is 15.9 Å². The molecule has 0 radical (unpaired) electrons. The van der Waals surface area contributed by atoms with E-state index in [1.165, 1.54) is 16.4 Å². The van der Waals surface area contributed by atoms with Gasteiger partial charge in [-0.2, -0.15) is 9.57 Å². The molecule has 1 aromatic rings. The van der Waals surface area contributed by atoms with E-state index < -0.39 is 10.0 Å². The number of benzene rings is 1. The summed E-state index contributed by atoms with van der Waals surface area (Å²) < 4.78 is 27.3. The molecule has 0 saturated carbocycles. The third kappa shape index (κ3) is 3.92. The standard InChI is InChI=1S/C19H25N3O3S/c1-15-7-10-21(11-8-15)19(23)17-5-3-9-22(14-17)26(24,25)18-6-2-4-16(12-18)13-20/h2,4,6,12,15,17H,3,5,7-11,14H2,1H3/t17-/m0/s1. The summed E-state index contributed by atoms with van der Waals surface area (Å²) in [5.74, 6) is 0.461. The number of sulfonamides is 1. The van der Waals surface area contributed by atoms with Gasteiger partial charge in [0.05, 0.1) is 22.4 Å². The molecule has 140 valence electrons. The predicted molar refractivity (Wildman–Crippen MR) is 97.6 cm³/mol. The van der Waals surface area contributed by atoms with Gasteiger partial charge in [-0.05, 0) is 49.8 Å². The van der Waals surface area contributed by atoms with Gasteiger partial charge >= 0.3 is 0 Å². The van der Waals surface area contributed by atoms with Gasteiger partial charge in [0.15, 0.2) is 0 Å². The van der Waals surface area contributed by atoms with Crippen molar-refractivity contribution in [3.8, 4) is 6.07 Å². The molecule has 0 unspecified atom stereocenters. The lowest BCUT2D eigenvalue weighted by atomic mass is 9.94. The van der Waals surface area contributed by atoms with Crippen molar-refractivity contribution in [3.05, 3.63) is 29.8 Å². The summed E-state index contributed by atoms with van der Waals surface area (Å²) in [5, 5.41) is 9.01. The van der Waals surface area contributed by atoms with Gasteiger partial charge in [0.25, 0.3) is 0 Å². The van der Waals surface area contributed by atoms with Gasteiger partial charge in [-0.15, -0.1) is 0 Å². The van der Waals surface area contributed by atoms with Gasteiger partial charge in [0, 0.05) is 26.2 Å². The van der Waals surface area contributed by atoms with Crippen LogP contribution in [0.5, 0.6) is 0 Å². The van der Waals surface area contributed by atoms with E-state index >= 15 is 0 Å². The first kappa shape index (κ1) is 18.9. The minimum atomic E-state index is -3.69. The van der Waals surface area contributed by atoms with Crippen molar-refractivity contribution < 1.29 is 13.2 Å². The molecular weight excluding hydrogens is 350 g/mol. The molecule has 1 atom stereocenters. The fourth-order valence-corrected chi connectivity index (χ4v) is 5.29. The Balaban J connectivity index is 1.73. The van der Waals surface area contributed by atoms with Crippen LogP contribution < -0.4 is 0 Å². The Morgan fingerprint density at radius 1 is 1.19 bits per heavy atom. The number of carbonyl (C=O) groups is 1. The summed E-state index contributed by atoms with van der Waals surface area (Å²) in [6, 6.07) is 8.03. The third-order valence-electron chi connectivity index (χ3n) is 5.43. The molecule has 2 saturated heterocycles. The molecule has 2 aliphatic rings. The second-order valence-corrected chi connectivity index (χ2v) is 9.29. The van der Waals surface area contributed by atoms with Crippen LogP contribution in [0.1, 0.15) is 38.2 Å². The molecule has 0 aliphatic carbocycles. The number of hydrogen-bond acceptors (Lipinski definition) is 4. The Morgan fingerprint density at radius 3 is 2.62 bits per heavy atom. The Morgan fingerprint density at radius 2 is 1.92 bits per heavy atom. The molecule has 7 heteroatoms. The topological polar surface area (TPSA) is 81.5 Å². The Hall–Kier alpha value is -1.91. The monoisotopic (exact) mass is 375 g/mol. The van der Waals surface area contributed by atoms with E-state index in [2.05, 4.69) is 6.92 Å². The van der Waals surface area contributed by atoms with E-state index in [0.717, 1.165) is 32.4 Å². The zero-order chi connectivity index (χ0) is 18.7. The van der Waals surface area contributed by atoms with Crippen LogP contribution >= 0.6 is 0 Å². The van der Waals surface area contributed by atoms with E-state index in [4.69, 9.17) is 5.26 Å². The second-order valence-electron chi connectivity index (χ2n) is 7.35. The van der Waals surface area contributed by atoms with Crippen LogP contribution in [0.25, 0.3) is 0 Å². The van der Waals surface area contributed by atoms with E-state index in [-0.39, 0.29) is 23.3 Å². The molecule has 0 aromatic heterocycles. The highest BCUT2D eigenvalue weighted by molar-refractivity contribution is 7.89. The number of likely N-dealkylation sites (tertiary alicyclic amines) is 1. The van der Waals surface area contributed by atoms with Gasteiger partial charge in [-0.3, -0.25) is 4.79 Å². The first-order chi connectivity index (χ1) is 12.4. The molecule has 1 amide bonds. The Kier molecular flexibility index (Phi) is 5.64. The van der Waals surface area contributed by atoms with Gasteiger partial charge in [0.1, 0.15) is 0 Å². The van der Waals surface area contributed by atoms with Crippen molar-refractivity contribution in [1.29, 1.82) is 5.26 Å². The van der Waals surface area contributed by atoms with E-state index in [0.29, 0.717) is 24.4 Å². The third-order valence-corrected chi connectivity index (χ3v) is 7.29. The summed E-state index contributed by atoms with van der Waals surface area (Å²) in [4.78, 5) is 14.9. The molecule has 6 nitrogen and oxygen atoms in total. The molecule has 1 aromatic carbocycles. The number of nitrogens with zero attached hydrogens (tertiary/aromatic N) is 3. The SMILES string of the molecule is CC1CCN(C(=O)[C@H]2CCCN(S(=O)(=O)c3cccc(C#N)c3)C2)CC1. The molecule has 2 aliphatic heterocycles. The lowest BCUT2D eigenvalue weighted by Crippen LogP contribution is -2.48. The zero-order valence-electron chi connectivity index (χ0n) is 15.1. The predicted octanol–water partition coefficient (Wildman–Crippen LogP) is 2.22. The molecule has 2 heterocycles. The maximum atomic E-state index is 12.9. The summed E-state index contributed by atoms with van der Waals surface area (Å²) in [5.41, 5.74) is 0.318. The van der Waals surface area contributed by atoms with E-state index in [1.54, 1.807) is 12.1 Å². The largest absolute Gasteiger partial charge is 0.342 e. The van der Waals surface area contributed by atoms with E-state index in [9.17, 15) is 13.2 Å². The summed E-state index contributed by atoms with van der Waals surface area (Å²) in [7, 11) is -3.69. The fraction of sp³-hybridized carbons (Fsp3) is 0.579. The molecule has 0 N–H and O–H groups in total. The first-order valence-electron chi connectivity index (χ1n) is 9.21. The lowest BCUT2D eigenvalue weighted by Gasteiger charge is -2.36. The van der Waals surface area contributed by atoms with Crippen LogP contribution in [0.3, 0.4) is 0 Å². The van der Waals surface area contributed by atoms with Crippen molar-refractivity contribution in [1.82, 2.24) is 9.21 Å². The van der Waals surface area contributed by atoms with Crippen molar-refractivity contribution in [2.45, 2.75) is 37.5 Å². The smallest absolute Gasteiger partial charge is 0.243 e. The highest BCUT2D eigenvalue weighted by Crippen LogP contribution is 2.27. The van der Waals surface area contributed by atoms with Crippen molar-refractivity contribution in [2.75, 3.05) is 26.2 Å². The van der Waals surface area contributed by atoms with Crippen LogP contribution in [0.15, 0.2) is 29.2 Å². The van der Waals surface area contributed by atoms with Crippen LogP contribution in [0, 0.1) is 23.2 Å². The minimum Gasteiger partial charge on any atom is -0.342 e. The maximum Gasteiger partial charge on any atom is 0.243 e. The number of rotatable bonds is 3. The molecule has 0 bridgehead atoms. The van der Waals surface area contributed by atoms with Crippen molar-refractivity contribution in [2.24, 2.45) is 11.8 Å². The maximum absolute atomic E-state index is 12.9. The normalized spacial score (nSPS) is 22.8. The molecule has 26 heavy (non-hydrogen) atoms. The molecule has 3 rings (SSSR count). The van der Waals surface area contributed by atoms with E-state index in [1.807, 2.05) is 11.0 Å². The van der Waals surface area contributed by atoms with Crippen molar-refractivity contribution in [3.63, 3.8) is 0 Å². The van der Waals surface area contributed by atoms with Gasteiger partial charge in [-0.1, -0.05) is 13.0 Å². The first-order valence-corrected chi connectivity index (χ1v) is 10.6. The number of piperidine rings is 2. The number of amides is 1. The summed E-state index contributed by atoms with van der Waals surface area (Å²) in [6.45, 7) is 4.39. The van der Waals surface area contributed by atoms with Crippen LogP contribution in [0.4, 0.5) is 0 Å². The second kappa shape index (κ2) is 7.77.